The zero-order valence-corrected chi connectivity index (χ0v) is 20.6. The molecule has 0 N–H and O–H groups in total. The standard InChI is InChI=1S/C30H34F3N/c1-18-8-7-9-24-16-26(20(3)14-28(18)24)15-21(4)34-13-12-27(22(5)23(34)6)25-11-10-19(2)29(17-25)30(31,32)33/h7-11,14,16-17,21,23H,12-13,15H2,1-6H3/i7D,8D,9D,14D,16D. The van der Waals surface area contributed by atoms with Crippen LogP contribution in [0.5, 0.6) is 0 Å². The van der Waals surface area contributed by atoms with Crippen LogP contribution in [0.2, 0.25) is 0 Å². The number of halogens is 3. The zero-order chi connectivity index (χ0) is 29.1. The highest BCUT2D eigenvalue weighted by atomic mass is 19.4. The van der Waals surface area contributed by atoms with Gasteiger partial charge in [-0.25, -0.2) is 0 Å². The molecule has 0 aliphatic carbocycles. The Hall–Kier alpha value is -2.59. The van der Waals surface area contributed by atoms with Crippen molar-refractivity contribution in [3.05, 3.63) is 87.4 Å². The molecule has 2 unspecified atom stereocenters. The molecule has 34 heavy (non-hydrogen) atoms. The lowest BCUT2D eigenvalue weighted by Gasteiger charge is -2.40. The van der Waals surface area contributed by atoms with Gasteiger partial charge in [-0.3, -0.25) is 4.90 Å². The molecule has 3 aromatic rings. The lowest BCUT2D eigenvalue weighted by molar-refractivity contribution is -0.138. The van der Waals surface area contributed by atoms with Crippen LogP contribution in [0.15, 0.2) is 54.0 Å². The van der Waals surface area contributed by atoms with E-state index in [1.54, 1.807) is 19.9 Å². The van der Waals surface area contributed by atoms with Crippen LogP contribution in [0.4, 0.5) is 13.2 Å². The average Bonchev–Trinajstić information content (AvgIpc) is 2.87. The van der Waals surface area contributed by atoms with E-state index in [1.165, 1.54) is 19.1 Å². The van der Waals surface area contributed by atoms with Gasteiger partial charge in [0.1, 0.15) is 0 Å². The predicted molar refractivity (Wildman–Crippen MR) is 136 cm³/mol. The Kier molecular flexibility index (Phi) is 5.07. The minimum absolute atomic E-state index is 0.0375. The van der Waals surface area contributed by atoms with E-state index in [-0.39, 0.29) is 53.2 Å². The quantitative estimate of drug-likeness (QED) is 0.371. The lowest BCUT2D eigenvalue weighted by Crippen LogP contribution is -2.45. The monoisotopic (exact) mass is 470 g/mol. The molecule has 0 amide bonds. The van der Waals surface area contributed by atoms with Crippen molar-refractivity contribution in [3.63, 3.8) is 0 Å². The Balaban J connectivity index is 1.69. The maximum absolute atomic E-state index is 13.5. The summed E-state index contributed by atoms with van der Waals surface area (Å²) in [6.45, 7) is 11.6. The molecule has 0 aromatic heterocycles. The summed E-state index contributed by atoms with van der Waals surface area (Å²) in [5.74, 6) is 0. The van der Waals surface area contributed by atoms with Crippen molar-refractivity contribution in [1.82, 2.24) is 4.90 Å². The summed E-state index contributed by atoms with van der Waals surface area (Å²) in [4.78, 5) is 2.28. The van der Waals surface area contributed by atoms with E-state index in [0.29, 0.717) is 47.0 Å². The summed E-state index contributed by atoms with van der Waals surface area (Å²) in [6.07, 6.45) is -3.35. The van der Waals surface area contributed by atoms with Crippen LogP contribution in [0.25, 0.3) is 16.3 Å². The van der Waals surface area contributed by atoms with Gasteiger partial charge < -0.3 is 0 Å². The van der Waals surface area contributed by atoms with E-state index in [4.69, 9.17) is 6.85 Å². The van der Waals surface area contributed by atoms with E-state index >= 15 is 0 Å². The van der Waals surface area contributed by atoms with Crippen LogP contribution < -0.4 is 0 Å². The van der Waals surface area contributed by atoms with Crippen molar-refractivity contribution in [3.8, 4) is 0 Å². The molecule has 0 spiro atoms. The summed E-state index contributed by atoms with van der Waals surface area (Å²) in [6, 6.07) is 4.27. The largest absolute Gasteiger partial charge is 0.416 e. The Bertz CT molecular complexity index is 1510. The number of hydrogen-bond donors (Lipinski definition) is 0. The first-order valence-electron chi connectivity index (χ1n) is 14.2. The molecular weight excluding hydrogens is 431 g/mol. The smallest absolute Gasteiger partial charge is 0.294 e. The summed E-state index contributed by atoms with van der Waals surface area (Å²) in [5, 5.41) is 0.641. The Morgan fingerprint density at radius 1 is 1.06 bits per heavy atom. The normalized spacial score (nSPS) is 20.6. The molecule has 1 aliphatic heterocycles. The number of nitrogens with zero attached hydrogens (tertiary/aromatic N) is 1. The molecule has 0 radical (unpaired) electrons. The van der Waals surface area contributed by atoms with Crippen molar-refractivity contribution >= 4 is 16.3 Å². The highest BCUT2D eigenvalue weighted by Gasteiger charge is 2.34. The maximum atomic E-state index is 13.5. The predicted octanol–water partition coefficient (Wildman–Crippen LogP) is 8.28. The third kappa shape index (κ3) is 4.65. The van der Waals surface area contributed by atoms with Crippen LogP contribution in [-0.2, 0) is 12.6 Å². The first-order valence-corrected chi connectivity index (χ1v) is 11.7. The van der Waals surface area contributed by atoms with E-state index < -0.39 is 11.7 Å². The first kappa shape index (κ1) is 18.7. The molecule has 0 saturated heterocycles. The maximum Gasteiger partial charge on any atom is 0.416 e. The van der Waals surface area contributed by atoms with E-state index in [2.05, 4.69) is 4.90 Å². The molecule has 4 heteroatoms. The van der Waals surface area contributed by atoms with Crippen LogP contribution in [0, 0.1) is 20.8 Å². The van der Waals surface area contributed by atoms with Gasteiger partial charge in [-0.15, -0.1) is 0 Å². The summed E-state index contributed by atoms with van der Waals surface area (Å²) < 4.78 is 83.1. The van der Waals surface area contributed by atoms with Gasteiger partial charge in [-0.2, -0.15) is 13.2 Å². The fraction of sp³-hybridized carbons (Fsp3) is 0.400. The molecule has 180 valence electrons. The molecule has 3 aromatic carbocycles. The summed E-state index contributed by atoms with van der Waals surface area (Å²) >= 11 is 0. The zero-order valence-electron chi connectivity index (χ0n) is 25.6. The number of aryl methyl sites for hydroxylation is 2. The van der Waals surface area contributed by atoms with Gasteiger partial charge >= 0.3 is 6.18 Å². The van der Waals surface area contributed by atoms with Gasteiger partial charge in [0, 0.05) is 18.6 Å². The Morgan fingerprint density at radius 3 is 2.50 bits per heavy atom. The highest BCUT2D eigenvalue weighted by molar-refractivity contribution is 5.87. The van der Waals surface area contributed by atoms with Gasteiger partial charge in [-0.1, -0.05) is 47.9 Å². The van der Waals surface area contributed by atoms with Gasteiger partial charge in [-0.05, 0) is 105 Å². The number of benzene rings is 3. The summed E-state index contributed by atoms with van der Waals surface area (Å²) in [5.41, 5.74) is 3.86. The van der Waals surface area contributed by atoms with E-state index in [9.17, 15) is 13.2 Å². The third-order valence-corrected chi connectivity index (χ3v) is 7.28. The number of fused-ring (bicyclic) bond motifs is 1. The SMILES string of the molecule is [2H]c1c([2H])c(C)c2c([2H])c(C)c(CC(C)N3CCC(c4ccc(C)c(C(F)(F)F)c4)=C(C)C3C)c([2H])c2c1[2H]. The van der Waals surface area contributed by atoms with Gasteiger partial charge in [0.25, 0.3) is 0 Å². The van der Waals surface area contributed by atoms with E-state index in [1.807, 2.05) is 20.8 Å². The molecule has 0 bridgehead atoms. The molecule has 1 aliphatic rings. The number of hydrogen-bond acceptors (Lipinski definition) is 1. The minimum atomic E-state index is -4.40. The second-order valence-electron chi connectivity index (χ2n) is 9.51. The number of alkyl halides is 3. The average molecular weight is 471 g/mol. The lowest BCUT2D eigenvalue weighted by atomic mass is 9.87. The van der Waals surface area contributed by atoms with Crippen molar-refractivity contribution in [1.29, 1.82) is 0 Å². The molecule has 1 heterocycles. The van der Waals surface area contributed by atoms with Crippen LogP contribution in [-0.4, -0.2) is 23.5 Å². The second-order valence-corrected chi connectivity index (χ2v) is 9.51. The fourth-order valence-electron chi connectivity index (χ4n) is 5.10. The van der Waals surface area contributed by atoms with Crippen LogP contribution in [0.3, 0.4) is 0 Å². The molecule has 1 nitrogen and oxygen atoms in total. The first-order chi connectivity index (χ1) is 18.1. The highest BCUT2D eigenvalue weighted by Crippen LogP contribution is 2.37. The third-order valence-electron chi connectivity index (χ3n) is 7.28. The molecule has 0 saturated carbocycles. The topological polar surface area (TPSA) is 3.24 Å². The van der Waals surface area contributed by atoms with Gasteiger partial charge in [0.05, 0.1) is 12.4 Å². The molecule has 0 fully saturated rings. The van der Waals surface area contributed by atoms with Crippen LogP contribution in [0.1, 0.15) is 67.4 Å². The number of rotatable bonds is 4. The van der Waals surface area contributed by atoms with Crippen molar-refractivity contribution in [2.24, 2.45) is 0 Å². The minimum Gasteiger partial charge on any atom is -0.294 e. The van der Waals surface area contributed by atoms with Crippen molar-refractivity contribution < 1.29 is 20.0 Å². The van der Waals surface area contributed by atoms with Crippen LogP contribution >= 0.6 is 0 Å². The second kappa shape index (κ2) is 9.22. The van der Waals surface area contributed by atoms with Crippen molar-refractivity contribution in [2.45, 2.75) is 72.6 Å². The fourth-order valence-corrected chi connectivity index (χ4v) is 5.10. The molecular formula is C30H34F3N. The summed E-state index contributed by atoms with van der Waals surface area (Å²) in [7, 11) is 0. The van der Waals surface area contributed by atoms with Gasteiger partial charge in [0.15, 0.2) is 0 Å². The van der Waals surface area contributed by atoms with E-state index in [0.717, 1.165) is 11.1 Å². The molecule has 2 atom stereocenters. The Morgan fingerprint density at radius 2 is 1.79 bits per heavy atom. The Labute approximate surface area is 208 Å². The van der Waals surface area contributed by atoms with Crippen molar-refractivity contribution in [2.75, 3.05) is 6.54 Å². The van der Waals surface area contributed by atoms with Gasteiger partial charge in [0.2, 0.25) is 0 Å². The molecule has 4 rings (SSSR count).